The van der Waals surface area contributed by atoms with Crippen molar-refractivity contribution in [1.29, 1.82) is 0 Å². The van der Waals surface area contributed by atoms with Crippen molar-refractivity contribution in [2.45, 2.75) is 11.4 Å². The highest BCUT2D eigenvalue weighted by molar-refractivity contribution is 7.93. The van der Waals surface area contributed by atoms with Crippen LogP contribution >= 0.6 is 11.6 Å². The number of halogens is 1. The molecule has 0 unspecified atom stereocenters. The topological polar surface area (TPSA) is 91.8 Å². The minimum atomic E-state index is -3.93. The molecule has 4 aromatic rings. The summed E-state index contributed by atoms with van der Waals surface area (Å²) < 4.78 is 34.4. The van der Waals surface area contributed by atoms with Crippen LogP contribution in [0.4, 0.5) is 5.69 Å². The molecule has 1 aromatic heterocycles. The third-order valence-corrected chi connectivity index (χ3v) is 8.21. The number of piperazine rings is 1. The lowest BCUT2D eigenvalue weighted by Crippen LogP contribution is -2.48. The highest BCUT2D eigenvalue weighted by Gasteiger charge is 2.25. The summed E-state index contributed by atoms with van der Waals surface area (Å²) in [5.74, 6) is 0.149. The Bertz CT molecular complexity index is 1560. The van der Waals surface area contributed by atoms with Gasteiger partial charge in [-0.3, -0.25) is 19.4 Å². The van der Waals surface area contributed by atoms with E-state index in [1.807, 2.05) is 36.4 Å². The van der Waals surface area contributed by atoms with E-state index in [9.17, 15) is 13.2 Å². The van der Waals surface area contributed by atoms with Gasteiger partial charge in [-0.1, -0.05) is 41.9 Å². The second kappa shape index (κ2) is 11.0. The molecule has 0 bridgehead atoms. The first-order valence-corrected chi connectivity index (χ1v) is 14.0. The van der Waals surface area contributed by atoms with Gasteiger partial charge in [0.1, 0.15) is 10.6 Å². The number of rotatable bonds is 7. The van der Waals surface area contributed by atoms with E-state index < -0.39 is 10.0 Å². The first-order valence-electron chi connectivity index (χ1n) is 12.1. The van der Waals surface area contributed by atoms with Crippen LogP contribution in [0.1, 0.15) is 15.9 Å². The minimum Gasteiger partial charge on any atom is -0.496 e. The van der Waals surface area contributed by atoms with Crippen LogP contribution in [0.2, 0.25) is 5.02 Å². The maximum atomic E-state index is 13.3. The fraction of sp³-hybridized carbons (Fsp3) is 0.214. The molecule has 0 atom stereocenters. The molecule has 1 aliphatic rings. The maximum absolute atomic E-state index is 13.3. The van der Waals surface area contributed by atoms with Crippen LogP contribution < -0.4 is 9.46 Å². The van der Waals surface area contributed by atoms with Gasteiger partial charge in [0, 0.05) is 55.4 Å². The average Bonchev–Trinajstić information content (AvgIpc) is 2.93. The van der Waals surface area contributed by atoms with Crippen molar-refractivity contribution in [3.63, 3.8) is 0 Å². The first kappa shape index (κ1) is 26.0. The summed E-state index contributed by atoms with van der Waals surface area (Å²) in [5, 5.41) is 1.43. The summed E-state index contributed by atoms with van der Waals surface area (Å²) in [6.45, 7) is 3.45. The third kappa shape index (κ3) is 5.60. The van der Waals surface area contributed by atoms with Crippen LogP contribution in [0.25, 0.3) is 10.9 Å². The number of carbonyl (C=O) groups is 1. The summed E-state index contributed by atoms with van der Waals surface area (Å²) >= 11 is 5.98. The normalized spacial score (nSPS) is 14.4. The quantitative estimate of drug-likeness (QED) is 0.360. The molecule has 0 spiro atoms. The Balaban J connectivity index is 1.28. The number of sulfonamides is 1. The van der Waals surface area contributed by atoms with E-state index in [0.717, 1.165) is 25.0 Å². The maximum Gasteiger partial charge on any atom is 0.264 e. The second-order valence-corrected chi connectivity index (χ2v) is 11.1. The van der Waals surface area contributed by atoms with Gasteiger partial charge in [-0.25, -0.2) is 8.42 Å². The van der Waals surface area contributed by atoms with E-state index >= 15 is 0 Å². The van der Waals surface area contributed by atoms with Crippen molar-refractivity contribution >= 4 is 44.1 Å². The number of benzene rings is 3. The fourth-order valence-electron chi connectivity index (χ4n) is 4.56. The highest BCUT2D eigenvalue weighted by atomic mass is 35.5. The molecule has 2 heterocycles. The van der Waals surface area contributed by atoms with Crippen LogP contribution in [0.15, 0.2) is 83.9 Å². The predicted octanol–water partition coefficient (Wildman–Crippen LogP) is 4.66. The molecule has 0 saturated carbocycles. The summed E-state index contributed by atoms with van der Waals surface area (Å²) in [6, 6.07) is 21.0. The summed E-state index contributed by atoms with van der Waals surface area (Å²) in [5.41, 5.74) is 2.23. The number of nitrogens with one attached hydrogen (secondary N) is 1. The van der Waals surface area contributed by atoms with Crippen LogP contribution in [0.5, 0.6) is 5.75 Å². The molecule has 1 fully saturated rings. The smallest absolute Gasteiger partial charge is 0.264 e. The predicted molar refractivity (Wildman–Crippen MR) is 148 cm³/mol. The van der Waals surface area contributed by atoms with E-state index in [-0.39, 0.29) is 10.8 Å². The van der Waals surface area contributed by atoms with Crippen molar-refractivity contribution in [2.75, 3.05) is 38.0 Å². The molecular formula is C28H27ClN4O4S. The molecule has 0 radical (unpaired) electrons. The Morgan fingerprint density at radius 2 is 1.74 bits per heavy atom. The number of para-hydroxylation sites is 1. The Hall–Kier alpha value is -3.66. The number of fused-ring (bicyclic) bond motifs is 1. The van der Waals surface area contributed by atoms with Gasteiger partial charge < -0.3 is 9.64 Å². The van der Waals surface area contributed by atoms with Crippen molar-refractivity contribution in [3.8, 4) is 5.75 Å². The van der Waals surface area contributed by atoms with Gasteiger partial charge >= 0.3 is 0 Å². The number of hydrogen-bond acceptors (Lipinski definition) is 6. The lowest BCUT2D eigenvalue weighted by atomic mass is 10.1. The molecule has 1 saturated heterocycles. The summed E-state index contributed by atoms with van der Waals surface area (Å²) in [7, 11) is -2.47. The van der Waals surface area contributed by atoms with Crippen molar-refractivity contribution in [1.82, 2.24) is 14.8 Å². The van der Waals surface area contributed by atoms with Gasteiger partial charge in [-0.2, -0.15) is 0 Å². The molecule has 1 N–H and O–H groups in total. The number of methoxy groups -OCH3 is 1. The molecular weight excluding hydrogens is 524 g/mol. The number of carbonyl (C=O) groups excluding carboxylic acids is 1. The van der Waals surface area contributed by atoms with Crippen LogP contribution in [-0.4, -0.2) is 62.4 Å². The number of anilines is 1. The number of hydrogen-bond donors (Lipinski definition) is 1. The van der Waals surface area contributed by atoms with E-state index in [1.165, 1.54) is 24.8 Å². The van der Waals surface area contributed by atoms with E-state index in [1.54, 1.807) is 35.4 Å². The van der Waals surface area contributed by atoms with Crippen LogP contribution in [-0.2, 0) is 16.6 Å². The van der Waals surface area contributed by atoms with Crippen molar-refractivity contribution in [2.24, 2.45) is 0 Å². The Morgan fingerprint density at radius 1 is 1.00 bits per heavy atom. The molecule has 10 heteroatoms. The second-order valence-electron chi connectivity index (χ2n) is 9.05. The molecule has 1 aliphatic heterocycles. The van der Waals surface area contributed by atoms with Gasteiger partial charge in [0.25, 0.3) is 15.9 Å². The number of amides is 1. The fourth-order valence-corrected chi connectivity index (χ4v) is 5.92. The number of nitrogens with zero attached hydrogens (tertiary/aromatic N) is 3. The van der Waals surface area contributed by atoms with Gasteiger partial charge in [0.05, 0.1) is 23.9 Å². The zero-order valence-corrected chi connectivity index (χ0v) is 22.4. The molecule has 196 valence electrons. The standard InChI is InChI=1S/C28H27ClN4O4S/c1-37-25-18-23(31-38(35,36)26-6-2-4-21-5-3-13-30-27(21)26)11-12-24(25)28(34)33-16-14-32(15-17-33)19-20-7-9-22(29)10-8-20/h2-13,18,31H,14-17,19H2,1H3. The van der Waals surface area contributed by atoms with Crippen molar-refractivity contribution in [3.05, 3.63) is 95.1 Å². The molecule has 8 nitrogen and oxygen atoms in total. The lowest BCUT2D eigenvalue weighted by molar-refractivity contribution is 0.0625. The van der Waals surface area contributed by atoms with Crippen LogP contribution in [0.3, 0.4) is 0 Å². The van der Waals surface area contributed by atoms with E-state index in [0.29, 0.717) is 40.6 Å². The molecule has 1 amide bonds. The Labute approximate surface area is 226 Å². The van der Waals surface area contributed by atoms with Gasteiger partial charge in [0.15, 0.2) is 0 Å². The van der Waals surface area contributed by atoms with E-state index in [2.05, 4.69) is 14.6 Å². The largest absolute Gasteiger partial charge is 0.496 e. The SMILES string of the molecule is COc1cc(NS(=O)(=O)c2cccc3cccnc23)ccc1C(=O)N1CCN(Cc2ccc(Cl)cc2)CC1. The van der Waals surface area contributed by atoms with Gasteiger partial charge in [-0.05, 0) is 42.0 Å². The molecule has 38 heavy (non-hydrogen) atoms. The molecule has 5 rings (SSSR count). The number of aromatic nitrogens is 1. The first-order chi connectivity index (χ1) is 18.3. The van der Waals surface area contributed by atoms with Gasteiger partial charge in [-0.15, -0.1) is 0 Å². The summed E-state index contributed by atoms with van der Waals surface area (Å²) in [4.78, 5) is 21.7. The zero-order chi connectivity index (χ0) is 26.7. The average molecular weight is 551 g/mol. The Morgan fingerprint density at radius 3 is 2.47 bits per heavy atom. The number of pyridine rings is 1. The van der Waals surface area contributed by atoms with Crippen LogP contribution in [0, 0.1) is 0 Å². The van der Waals surface area contributed by atoms with Gasteiger partial charge in [0.2, 0.25) is 0 Å². The third-order valence-electron chi connectivity index (χ3n) is 6.55. The summed E-state index contributed by atoms with van der Waals surface area (Å²) in [6.07, 6.45) is 1.56. The lowest BCUT2D eigenvalue weighted by Gasteiger charge is -2.35. The van der Waals surface area contributed by atoms with E-state index in [4.69, 9.17) is 16.3 Å². The Kier molecular flexibility index (Phi) is 7.51. The minimum absolute atomic E-state index is 0.0752. The van der Waals surface area contributed by atoms with Crippen molar-refractivity contribution < 1.29 is 17.9 Å². The molecule has 3 aromatic carbocycles. The highest BCUT2D eigenvalue weighted by Crippen LogP contribution is 2.28. The number of ether oxygens (including phenoxy) is 1. The molecule has 0 aliphatic carbocycles. The monoisotopic (exact) mass is 550 g/mol. The zero-order valence-electron chi connectivity index (χ0n) is 20.8.